The average molecular weight is 396 g/mol. The number of amides is 2. The van der Waals surface area contributed by atoms with Gasteiger partial charge in [0.05, 0.1) is 17.4 Å². The number of hydrogen-bond donors (Lipinski definition) is 1. The SMILES string of the molecule is O=C(Nc1ccc(F)cc1)c1cncc(N2CCc3cc(Cl)ccc3C2=O)c1. The number of carbonyl (C=O) groups is 2. The Bertz CT molecular complexity index is 1070. The Hall–Kier alpha value is -3.25. The van der Waals surface area contributed by atoms with Crippen LogP contribution in [0.15, 0.2) is 60.9 Å². The molecule has 3 aromatic rings. The minimum Gasteiger partial charge on any atom is -0.322 e. The molecular formula is C21H15ClFN3O2. The van der Waals surface area contributed by atoms with Crippen LogP contribution in [0.2, 0.25) is 5.02 Å². The van der Waals surface area contributed by atoms with Crippen molar-refractivity contribution in [3.63, 3.8) is 0 Å². The summed E-state index contributed by atoms with van der Waals surface area (Å²) in [5.41, 5.74) is 2.81. The second kappa shape index (κ2) is 7.40. The monoisotopic (exact) mass is 395 g/mol. The number of halogens is 2. The van der Waals surface area contributed by atoms with E-state index in [2.05, 4.69) is 10.3 Å². The van der Waals surface area contributed by atoms with Crippen molar-refractivity contribution in [2.45, 2.75) is 6.42 Å². The first-order valence-electron chi connectivity index (χ1n) is 8.63. The first-order chi connectivity index (χ1) is 13.5. The van der Waals surface area contributed by atoms with Crippen LogP contribution in [-0.4, -0.2) is 23.3 Å². The van der Waals surface area contributed by atoms with Gasteiger partial charge in [0.25, 0.3) is 11.8 Å². The summed E-state index contributed by atoms with van der Waals surface area (Å²) in [7, 11) is 0. The van der Waals surface area contributed by atoms with Crippen molar-refractivity contribution in [3.8, 4) is 0 Å². The Labute approximate surface area is 165 Å². The average Bonchev–Trinajstić information content (AvgIpc) is 2.70. The number of nitrogens with zero attached hydrogens (tertiary/aromatic N) is 2. The van der Waals surface area contributed by atoms with Crippen molar-refractivity contribution < 1.29 is 14.0 Å². The molecular weight excluding hydrogens is 381 g/mol. The summed E-state index contributed by atoms with van der Waals surface area (Å²) in [4.78, 5) is 31.0. The van der Waals surface area contributed by atoms with E-state index in [9.17, 15) is 14.0 Å². The smallest absolute Gasteiger partial charge is 0.258 e. The Morgan fingerprint density at radius 1 is 1.11 bits per heavy atom. The molecule has 1 aliphatic rings. The molecule has 5 nitrogen and oxygen atoms in total. The fourth-order valence-electron chi connectivity index (χ4n) is 3.14. The van der Waals surface area contributed by atoms with E-state index in [-0.39, 0.29) is 11.7 Å². The van der Waals surface area contributed by atoms with Gasteiger partial charge in [0.1, 0.15) is 5.82 Å². The quantitative estimate of drug-likeness (QED) is 0.718. The zero-order valence-corrected chi connectivity index (χ0v) is 15.4. The Morgan fingerprint density at radius 2 is 1.89 bits per heavy atom. The number of anilines is 2. The highest BCUT2D eigenvalue weighted by molar-refractivity contribution is 6.30. The number of pyridine rings is 1. The Kier molecular flexibility index (Phi) is 4.79. The van der Waals surface area contributed by atoms with Crippen molar-refractivity contribution in [1.29, 1.82) is 0 Å². The first kappa shape index (κ1) is 18.1. The predicted molar refractivity (Wildman–Crippen MR) is 105 cm³/mol. The molecule has 140 valence electrons. The summed E-state index contributed by atoms with van der Waals surface area (Å²) < 4.78 is 13.0. The number of aromatic nitrogens is 1. The highest BCUT2D eigenvalue weighted by atomic mass is 35.5. The number of fused-ring (bicyclic) bond motifs is 1. The van der Waals surface area contributed by atoms with E-state index in [0.29, 0.717) is 40.5 Å². The zero-order valence-electron chi connectivity index (χ0n) is 14.7. The van der Waals surface area contributed by atoms with Gasteiger partial charge in [0.2, 0.25) is 0 Å². The summed E-state index contributed by atoms with van der Waals surface area (Å²) >= 11 is 6.01. The lowest BCUT2D eigenvalue weighted by Gasteiger charge is -2.28. The van der Waals surface area contributed by atoms with Crippen LogP contribution >= 0.6 is 11.6 Å². The Morgan fingerprint density at radius 3 is 2.68 bits per heavy atom. The van der Waals surface area contributed by atoms with E-state index in [4.69, 9.17) is 11.6 Å². The van der Waals surface area contributed by atoms with Crippen LogP contribution in [0.1, 0.15) is 26.3 Å². The summed E-state index contributed by atoms with van der Waals surface area (Å²) in [5.74, 6) is -0.930. The standard InChI is InChI=1S/C21H15ClFN3O2/c22-15-1-6-19-13(9-15)7-8-26(21(19)28)18-10-14(11-24-12-18)20(27)25-17-4-2-16(23)3-5-17/h1-6,9-12H,7-8H2,(H,25,27). The molecule has 2 amide bonds. The molecule has 0 saturated heterocycles. The van der Waals surface area contributed by atoms with Crippen LogP contribution in [0.4, 0.5) is 15.8 Å². The lowest BCUT2D eigenvalue weighted by molar-refractivity contribution is 0.0978. The van der Waals surface area contributed by atoms with Gasteiger partial charge in [0.15, 0.2) is 0 Å². The van der Waals surface area contributed by atoms with Crippen LogP contribution in [0.5, 0.6) is 0 Å². The van der Waals surface area contributed by atoms with Crippen molar-refractivity contribution in [2.75, 3.05) is 16.8 Å². The number of nitrogens with one attached hydrogen (secondary N) is 1. The minimum absolute atomic E-state index is 0.157. The highest BCUT2D eigenvalue weighted by Gasteiger charge is 2.26. The molecule has 7 heteroatoms. The molecule has 1 aliphatic heterocycles. The van der Waals surface area contributed by atoms with E-state index >= 15 is 0 Å². The van der Waals surface area contributed by atoms with E-state index in [1.165, 1.54) is 30.5 Å². The van der Waals surface area contributed by atoms with E-state index in [1.54, 1.807) is 35.4 Å². The lowest BCUT2D eigenvalue weighted by atomic mass is 9.98. The summed E-state index contributed by atoms with van der Waals surface area (Å²) in [6.07, 6.45) is 3.63. The third-order valence-electron chi connectivity index (χ3n) is 4.55. The van der Waals surface area contributed by atoms with Crippen LogP contribution in [0.3, 0.4) is 0 Å². The van der Waals surface area contributed by atoms with Crippen molar-refractivity contribution in [2.24, 2.45) is 0 Å². The molecule has 0 unspecified atom stereocenters. The fourth-order valence-corrected chi connectivity index (χ4v) is 3.33. The van der Waals surface area contributed by atoms with E-state index in [0.717, 1.165) is 5.56 Å². The fraction of sp³-hybridized carbons (Fsp3) is 0.0952. The van der Waals surface area contributed by atoms with Gasteiger partial charge in [-0.05, 0) is 60.5 Å². The molecule has 0 aliphatic carbocycles. The summed E-state index contributed by atoms with van der Waals surface area (Å²) in [6, 6.07) is 12.3. The summed E-state index contributed by atoms with van der Waals surface area (Å²) in [5, 5.41) is 3.28. The highest BCUT2D eigenvalue weighted by Crippen LogP contribution is 2.27. The normalized spacial score (nSPS) is 13.2. The largest absolute Gasteiger partial charge is 0.322 e. The number of benzene rings is 2. The van der Waals surface area contributed by atoms with Gasteiger partial charge in [-0.25, -0.2) is 4.39 Å². The second-order valence-electron chi connectivity index (χ2n) is 6.40. The molecule has 0 saturated carbocycles. The maximum Gasteiger partial charge on any atom is 0.258 e. The van der Waals surface area contributed by atoms with Gasteiger partial charge in [-0.15, -0.1) is 0 Å². The number of hydrogen-bond acceptors (Lipinski definition) is 3. The molecule has 0 fully saturated rings. The van der Waals surface area contributed by atoms with Crippen molar-refractivity contribution in [3.05, 3.63) is 88.5 Å². The van der Waals surface area contributed by atoms with Crippen LogP contribution in [0, 0.1) is 5.82 Å². The molecule has 2 heterocycles. The van der Waals surface area contributed by atoms with E-state index in [1.807, 2.05) is 0 Å². The van der Waals surface area contributed by atoms with Crippen molar-refractivity contribution in [1.82, 2.24) is 4.98 Å². The van der Waals surface area contributed by atoms with Gasteiger partial charge in [-0.1, -0.05) is 11.6 Å². The second-order valence-corrected chi connectivity index (χ2v) is 6.84. The maximum atomic E-state index is 13.0. The van der Waals surface area contributed by atoms with Gasteiger partial charge >= 0.3 is 0 Å². The molecule has 1 N–H and O–H groups in total. The van der Waals surface area contributed by atoms with Gasteiger partial charge in [-0.2, -0.15) is 0 Å². The molecule has 0 spiro atoms. The molecule has 0 radical (unpaired) electrons. The summed E-state index contributed by atoms with van der Waals surface area (Å²) in [6.45, 7) is 0.469. The molecule has 0 atom stereocenters. The van der Waals surface area contributed by atoms with Gasteiger partial charge in [-0.3, -0.25) is 14.6 Å². The third kappa shape index (κ3) is 3.59. The lowest BCUT2D eigenvalue weighted by Crippen LogP contribution is -2.37. The van der Waals surface area contributed by atoms with Crippen LogP contribution < -0.4 is 10.2 Å². The first-order valence-corrected chi connectivity index (χ1v) is 9.01. The molecule has 2 aromatic carbocycles. The molecule has 0 bridgehead atoms. The van der Waals surface area contributed by atoms with Crippen molar-refractivity contribution >= 4 is 34.8 Å². The number of rotatable bonds is 3. The zero-order chi connectivity index (χ0) is 19.7. The minimum atomic E-state index is -0.391. The van der Waals surface area contributed by atoms with Crippen LogP contribution in [0.25, 0.3) is 0 Å². The maximum absolute atomic E-state index is 13.0. The number of carbonyl (C=O) groups excluding carboxylic acids is 2. The molecule has 4 rings (SSSR count). The van der Waals surface area contributed by atoms with Gasteiger partial charge < -0.3 is 10.2 Å². The molecule has 28 heavy (non-hydrogen) atoms. The van der Waals surface area contributed by atoms with E-state index < -0.39 is 5.91 Å². The van der Waals surface area contributed by atoms with Crippen LogP contribution in [-0.2, 0) is 6.42 Å². The Balaban J connectivity index is 1.57. The topological polar surface area (TPSA) is 62.3 Å². The third-order valence-corrected chi connectivity index (χ3v) is 4.78. The predicted octanol–water partition coefficient (Wildman–Crippen LogP) is 4.33. The molecule has 1 aromatic heterocycles. The van der Waals surface area contributed by atoms with Gasteiger partial charge in [0, 0.05) is 29.0 Å².